The standard InChI is InChI=1S/C21H17F7N4O3/c1-10-21(27,28)19(2,32-18(29)35-10)13-7-11(3-5-14(13)22)31-16(33)15-6-4-12(8-30-15)34-9-20(25,26)17(23)24/h3-8,17H,1,9H2,2H3,(H2,29,32)(H,31,33)/t19-/m1/s1. The number of aromatic nitrogens is 1. The molecule has 14 heteroatoms. The largest absolute Gasteiger partial charge is 0.485 e. The maximum atomic E-state index is 14.8. The van der Waals surface area contributed by atoms with Gasteiger partial charge in [0, 0.05) is 11.3 Å². The molecule has 0 saturated carbocycles. The van der Waals surface area contributed by atoms with Gasteiger partial charge < -0.3 is 20.5 Å². The smallest absolute Gasteiger partial charge is 0.340 e. The average molecular weight is 506 g/mol. The van der Waals surface area contributed by atoms with Crippen molar-refractivity contribution in [1.29, 1.82) is 0 Å². The van der Waals surface area contributed by atoms with Gasteiger partial charge in [0.2, 0.25) is 0 Å². The molecule has 0 fully saturated rings. The number of nitrogens with one attached hydrogen (secondary N) is 1. The molecule has 0 aliphatic carbocycles. The molecule has 35 heavy (non-hydrogen) atoms. The Kier molecular flexibility index (Phi) is 6.68. The van der Waals surface area contributed by atoms with E-state index in [1.54, 1.807) is 0 Å². The van der Waals surface area contributed by atoms with Crippen LogP contribution in [0, 0.1) is 5.82 Å². The van der Waals surface area contributed by atoms with Gasteiger partial charge in [-0.05, 0) is 37.3 Å². The van der Waals surface area contributed by atoms with Crippen molar-refractivity contribution in [1.82, 2.24) is 4.98 Å². The zero-order chi connectivity index (χ0) is 26.2. The van der Waals surface area contributed by atoms with E-state index in [2.05, 4.69) is 31.3 Å². The van der Waals surface area contributed by atoms with Crippen molar-refractivity contribution in [3.63, 3.8) is 0 Å². The van der Waals surface area contributed by atoms with E-state index in [0.29, 0.717) is 0 Å². The summed E-state index contributed by atoms with van der Waals surface area (Å²) < 4.78 is 104. The van der Waals surface area contributed by atoms with E-state index in [1.165, 1.54) is 0 Å². The number of amidine groups is 1. The molecular weight excluding hydrogens is 489 g/mol. The van der Waals surface area contributed by atoms with Crippen LogP contribution in [-0.2, 0) is 10.3 Å². The lowest BCUT2D eigenvalue weighted by atomic mass is 9.84. The van der Waals surface area contributed by atoms with Crippen LogP contribution in [0.25, 0.3) is 0 Å². The van der Waals surface area contributed by atoms with E-state index in [9.17, 15) is 35.5 Å². The van der Waals surface area contributed by atoms with Crippen molar-refractivity contribution in [2.75, 3.05) is 11.9 Å². The van der Waals surface area contributed by atoms with Gasteiger partial charge >= 0.3 is 18.3 Å². The van der Waals surface area contributed by atoms with Gasteiger partial charge in [0.15, 0.2) is 17.9 Å². The van der Waals surface area contributed by atoms with Crippen LogP contribution >= 0.6 is 0 Å². The summed E-state index contributed by atoms with van der Waals surface area (Å²) in [5.41, 5.74) is 1.86. The fraction of sp³-hybridized carbons (Fsp3) is 0.286. The number of amides is 1. The molecule has 3 N–H and O–H groups in total. The van der Waals surface area contributed by atoms with Crippen LogP contribution < -0.4 is 15.8 Å². The molecule has 1 aliphatic heterocycles. The highest BCUT2D eigenvalue weighted by molar-refractivity contribution is 6.02. The Morgan fingerprint density at radius 3 is 2.57 bits per heavy atom. The van der Waals surface area contributed by atoms with Crippen LogP contribution in [0.3, 0.4) is 0 Å². The monoisotopic (exact) mass is 506 g/mol. The summed E-state index contributed by atoms with van der Waals surface area (Å²) in [6, 6.07) is 4.24. The molecule has 2 aromatic rings. The van der Waals surface area contributed by atoms with Gasteiger partial charge in [0.25, 0.3) is 11.9 Å². The Labute approximate surface area is 193 Å². The molecule has 0 spiro atoms. The number of halogens is 7. The summed E-state index contributed by atoms with van der Waals surface area (Å²) in [7, 11) is 0. The Balaban J connectivity index is 1.80. The highest BCUT2D eigenvalue weighted by Crippen LogP contribution is 2.48. The van der Waals surface area contributed by atoms with Gasteiger partial charge in [0.1, 0.15) is 17.3 Å². The van der Waals surface area contributed by atoms with Crippen LogP contribution in [-0.4, -0.2) is 41.8 Å². The third-order valence-corrected chi connectivity index (χ3v) is 4.99. The number of pyridine rings is 1. The van der Waals surface area contributed by atoms with Crippen molar-refractivity contribution in [2.24, 2.45) is 10.7 Å². The SMILES string of the molecule is C=C1OC(N)=N[C@](C)(c2cc(NC(=O)c3ccc(OCC(F)(F)C(F)F)cn3)ccc2F)C1(F)F. The Morgan fingerprint density at radius 1 is 1.29 bits per heavy atom. The Bertz CT molecular complexity index is 1170. The lowest BCUT2D eigenvalue weighted by Gasteiger charge is -2.38. The van der Waals surface area contributed by atoms with E-state index in [4.69, 9.17) is 5.73 Å². The number of nitrogens with zero attached hydrogens (tertiary/aromatic N) is 2. The van der Waals surface area contributed by atoms with Crippen LogP contribution in [0.5, 0.6) is 5.75 Å². The van der Waals surface area contributed by atoms with Gasteiger partial charge in [-0.1, -0.05) is 6.58 Å². The molecule has 3 rings (SSSR count). The first-order valence-corrected chi connectivity index (χ1v) is 9.64. The van der Waals surface area contributed by atoms with Gasteiger partial charge in [0.05, 0.1) is 6.20 Å². The van der Waals surface area contributed by atoms with E-state index in [1.807, 2.05) is 0 Å². The fourth-order valence-electron chi connectivity index (χ4n) is 3.02. The predicted octanol–water partition coefficient (Wildman–Crippen LogP) is 4.46. The van der Waals surface area contributed by atoms with Gasteiger partial charge in [-0.3, -0.25) is 4.79 Å². The summed E-state index contributed by atoms with van der Waals surface area (Å²) in [6.07, 6.45) is -3.08. The number of nitrogens with two attached hydrogens (primary N) is 1. The van der Waals surface area contributed by atoms with Crippen molar-refractivity contribution < 1.29 is 45.0 Å². The number of rotatable bonds is 7. The first kappa shape index (κ1) is 25.8. The summed E-state index contributed by atoms with van der Waals surface area (Å²) in [5.74, 6) is -11.6. The Hall–Kier alpha value is -3.84. The number of anilines is 1. The molecule has 188 valence electrons. The minimum atomic E-state index is -4.38. The number of carbonyl (C=O) groups is 1. The molecule has 1 aromatic heterocycles. The maximum Gasteiger partial charge on any atom is 0.340 e. The van der Waals surface area contributed by atoms with E-state index in [0.717, 1.165) is 43.5 Å². The van der Waals surface area contributed by atoms with Crippen molar-refractivity contribution >= 4 is 17.6 Å². The van der Waals surface area contributed by atoms with Gasteiger partial charge in [-0.15, -0.1) is 0 Å². The molecule has 7 nitrogen and oxygen atoms in total. The van der Waals surface area contributed by atoms with Crippen molar-refractivity contribution in [3.05, 3.63) is 65.9 Å². The van der Waals surface area contributed by atoms with Gasteiger partial charge in [-0.2, -0.15) is 17.6 Å². The zero-order valence-electron chi connectivity index (χ0n) is 17.8. The minimum Gasteiger partial charge on any atom is -0.485 e. The number of hydrogen-bond donors (Lipinski definition) is 2. The molecule has 1 amide bonds. The maximum absolute atomic E-state index is 14.8. The number of hydrogen-bond acceptors (Lipinski definition) is 6. The normalized spacial score (nSPS) is 19.7. The van der Waals surface area contributed by atoms with Crippen LogP contribution in [0.15, 0.2) is 53.9 Å². The topological polar surface area (TPSA) is 98.8 Å². The van der Waals surface area contributed by atoms with Gasteiger partial charge in [-0.25, -0.2) is 23.1 Å². The van der Waals surface area contributed by atoms with E-state index < -0.39 is 59.5 Å². The second-order valence-corrected chi connectivity index (χ2v) is 7.50. The van der Waals surface area contributed by atoms with Crippen LogP contribution in [0.4, 0.5) is 36.4 Å². The van der Waals surface area contributed by atoms with E-state index in [-0.39, 0.29) is 17.1 Å². The summed E-state index contributed by atoms with van der Waals surface area (Å²) in [4.78, 5) is 19.7. The molecule has 1 atom stereocenters. The third kappa shape index (κ3) is 5.00. The average Bonchev–Trinajstić information content (AvgIpc) is 2.78. The number of ether oxygens (including phenoxy) is 2. The quantitative estimate of drug-likeness (QED) is 0.541. The number of benzene rings is 1. The number of aliphatic imine (C=N–C) groups is 1. The lowest BCUT2D eigenvalue weighted by Crippen LogP contribution is -2.49. The van der Waals surface area contributed by atoms with E-state index >= 15 is 0 Å². The third-order valence-electron chi connectivity index (χ3n) is 4.99. The van der Waals surface area contributed by atoms with Crippen molar-refractivity contribution in [2.45, 2.75) is 30.7 Å². The summed E-state index contributed by atoms with van der Waals surface area (Å²) in [5, 5.41) is 2.32. The molecule has 0 bridgehead atoms. The first-order valence-electron chi connectivity index (χ1n) is 9.64. The first-order chi connectivity index (χ1) is 16.2. The molecular formula is C21H17F7N4O3. The molecule has 0 unspecified atom stereocenters. The highest BCUT2D eigenvalue weighted by atomic mass is 19.3. The van der Waals surface area contributed by atoms with Crippen LogP contribution in [0.2, 0.25) is 0 Å². The number of carbonyl (C=O) groups excluding carboxylic acids is 1. The number of alkyl halides is 6. The predicted molar refractivity (Wildman–Crippen MR) is 109 cm³/mol. The zero-order valence-corrected chi connectivity index (χ0v) is 17.8. The second kappa shape index (κ2) is 9.07. The summed E-state index contributed by atoms with van der Waals surface area (Å²) >= 11 is 0. The highest BCUT2D eigenvalue weighted by Gasteiger charge is 2.59. The molecule has 0 radical (unpaired) electrons. The lowest BCUT2D eigenvalue weighted by molar-refractivity contribution is -0.148. The fourth-order valence-corrected chi connectivity index (χ4v) is 3.02. The molecule has 1 aliphatic rings. The summed E-state index contributed by atoms with van der Waals surface area (Å²) in [6.45, 7) is 2.40. The minimum absolute atomic E-state index is 0.118. The van der Waals surface area contributed by atoms with Crippen LogP contribution in [0.1, 0.15) is 23.0 Å². The molecule has 0 saturated heterocycles. The Morgan fingerprint density at radius 2 is 1.97 bits per heavy atom. The molecule has 2 heterocycles. The second-order valence-electron chi connectivity index (χ2n) is 7.50. The van der Waals surface area contributed by atoms with Crippen molar-refractivity contribution in [3.8, 4) is 5.75 Å². The molecule has 1 aromatic carbocycles.